The van der Waals surface area contributed by atoms with Gasteiger partial charge in [0.05, 0.1) is 17.2 Å². The molecular formula is C13H6ClFN4. The second-order valence-corrected chi connectivity index (χ2v) is 3.99. The summed E-state index contributed by atoms with van der Waals surface area (Å²) in [4.78, 5) is 3.98. The lowest BCUT2D eigenvalue weighted by atomic mass is 10.2. The van der Waals surface area contributed by atoms with E-state index in [1.165, 1.54) is 30.3 Å². The molecule has 0 aliphatic carbocycles. The third-order valence-corrected chi connectivity index (χ3v) is 2.48. The molecule has 1 N–H and O–H groups in total. The number of nitrogens with one attached hydrogen (secondary N) is 1. The normalized spacial score (nSPS) is 9.47. The average molecular weight is 273 g/mol. The SMILES string of the molecule is N#Cc1cc(Cl)nc(Nc2ccc(F)c(C#N)c2)c1. The molecule has 0 bridgehead atoms. The molecule has 0 fully saturated rings. The van der Waals surface area contributed by atoms with Gasteiger partial charge in [-0.1, -0.05) is 11.6 Å². The summed E-state index contributed by atoms with van der Waals surface area (Å²) in [6.45, 7) is 0. The number of pyridine rings is 1. The van der Waals surface area contributed by atoms with Gasteiger partial charge in [-0.3, -0.25) is 0 Å². The quantitative estimate of drug-likeness (QED) is 0.851. The van der Waals surface area contributed by atoms with Gasteiger partial charge in [0.15, 0.2) is 0 Å². The van der Waals surface area contributed by atoms with Gasteiger partial charge >= 0.3 is 0 Å². The zero-order valence-electron chi connectivity index (χ0n) is 9.48. The van der Waals surface area contributed by atoms with Crippen LogP contribution in [-0.4, -0.2) is 4.98 Å². The zero-order valence-corrected chi connectivity index (χ0v) is 10.2. The minimum atomic E-state index is -0.593. The average Bonchev–Trinajstić information content (AvgIpc) is 2.40. The summed E-state index contributed by atoms with van der Waals surface area (Å²) in [5.41, 5.74) is 0.759. The fraction of sp³-hybridized carbons (Fsp3) is 0. The number of hydrogen-bond acceptors (Lipinski definition) is 4. The van der Waals surface area contributed by atoms with Crippen LogP contribution in [0.15, 0.2) is 30.3 Å². The lowest BCUT2D eigenvalue weighted by molar-refractivity contribution is 0.624. The largest absolute Gasteiger partial charge is 0.340 e. The third kappa shape index (κ3) is 2.98. The Bertz CT molecular complexity index is 716. The van der Waals surface area contributed by atoms with Crippen LogP contribution in [0.25, 0.3) is 0 Å². The Hall–Kier alpha value is -2.63. The molecule has 0 aliphatic rings. The highest BCUT2D eigenvalue weighted by Crippen LogP contribution is 2.20. The first-order valence-corrected chi connectivity index (χ1v) is 5.54. The van der Waals surface area contributed by atoms with E-state index < -0.39 is 5.82 Å². The molecule has 92 valence electrons. The maximum Gasteiger partial charge on any atom is 0.141 e. The summed E-state index contributed by atoms with van der Waals surface area (Å²) < 4.78 is 13.2. The van der Waals surface area contributed by atoms with Crippen molar-refractivity contribution in [1.29, 1.82) is 10.5 Å². The van der Waals surface area contributed by atoms with Gasteiger partial charge in [-0.05, 0) is 30.3 Å². The maximum atomic E-state index is 13.2. The molecule has 0 unspecified atom stereocenters. The molecule has 0 spiro atoms. The number of aromatic nitrogens is 1. The molecule has 19 heavy (non-hydrogen) atoms. The minimum absolute atomic E-state index is 0.0764. The number of nitriles is 2. The molecule has 1 aromatic carbocycles. The van der Waals surface area contributed by atoms with E-state index in [4.69, 9.17) is 22.1 Å². The van der Waals surface area contributed by atoms with Crippen molar-refractivity contribution in [3.8, 4) is 12.1 Å². The summed E-state index contributed by atoms with van der Waals surface area (Å²) in [5.74, 6) is -0.246. The standard InChI is InChI=1S/C13H6ClFN4/c14-12-3-8(6-16)4-13(19-12)18-10-1-2-11(15)9(5-10)7-17/h1-5H,(H,18,19). The second kappa shape index (κ2) is 5.34. The molecule has 1 heterocycles. The molecule has 0 radical (unpaired) electrons. The van der Waals surface area contributed by atoms with Gasteiger partial charge in [-0.15, -0.1) is 0 Å². The van der Waals surface area contributed by atoms with Gasteiger partial charge in [0, 0.05) is 5.69 Å². The van der Waals surface area contributed by atoms with Crippen molar-refractivity contribution in [2.45, 2.75) is 0 Å². The summed E-state index contributed by atoms with van der Waals surface area (Å²) in [5, 5.41) is 20.6. The molecule has 2 rings (SSSR count). The van der Waals surface area contributed by atoms with E-state index in [0.29, 0.717) is 17.1 Å². The van der Waals surface area contributed by atoms with Crippen molar-refractivity contribution >= 4 is 23.1 Å². The van der Waals surface area contributed by atoms with Gasteiger partial charge in [-0.25, -0.2) is 9.37 Å². The van der Waals surface area contributed by atoms with E-state index in [1.807, 2.05) is 6.07 Å². The van der Waals surface area contributed by atoms with Crippen molar-refractivity contribution in [3.63, 3.8) is 0 Å². The number of anilines is 2. The Balaban J connectivity index is 2.34. The fourth-order valence-corrected chi connectivity index (χ4v) is 1.67. The smallest absolute Gasteiger partial charge is 0.141 e. The maximum absolute atomic E-state index is 13.2. The van der Waals surface area contributed by atoms with E-state index >= 15 is 0 Å². The second-order valence-electron chi connectivity index (χ2n) is 3.61. The van der Waals surface area contributed by atoms with Crippen molar-refractivity contribution in [3.05, 3.63) is 52.4 Å². The minimum Gasteiger partial charge on any atom is -0.340 e. The van der Waals surface area contributed by atoms with Crippen LogP contribution in [0, 0.1) is 28.5 Å². The van der Waals surface area contributed by atoms with Crippen molar-refractivity contribution < 1.29 is 4.39 Å². The summed E-state index contributed by atoms with van der Waals surface area (Å²) in [6.07, 6.45) is 0. The van der Waals surface area contributed by atoms with Crippen LogP contribution in [-0.2, 0) is 0 Å². The van der Waals surface area contributed by atoms with E-state index in [2.05, 4.69) is 10.3 Å². The van der Waals surface area contributed by atoms with E-state index in [-0.39, 0.29) is 10.7 Å². The van der Waals surface area contributed by atoms with Crippen LogP contribution in [0.1, 0.15) is 11.1 Å². The molecule has 4 nitrogen and oxygen atoms in total. The zero-order chi connectivity index (χ0) is 13.8. The lowest BCUT2D eigenvalue weighted by Gasteiger charge is -2.07. The Kier molecular flexibility index (Phi) is 3.61. The molecule has 0 aliphatic heterocycles. The fourth-order valence-electron chi connectivity index (χ4n) is 1.46. The Labute approximate surface area is 113 Å². The predicted octanol–water partition coefficient (Wildman–Crippen LogP) is 3.36. The Morgan fingerprint density at radius 1 is 1.16 bits per heavy atom. The molecular weight excluding hydrogens is 267 g/mol. The molecule has 0 saturated heterocycles. The number of nitrogens with zero attached hydrogens (tertiary/aromatic N) is 3. The van der Waals surface area contributed by atoms with Crippen molar-refractivity contribution in [2.24, 2.45) is 0 Å². The molecule has 2 aromatic rings. The van der Waals surface area contributed by atoms with Gasteiger partial charge in [0.2, 0.25) is 0 Å². The first-order chi connectivity index (χ1) is 9.12. The molecule has 0 amide bonds. The predicted molar refractivity (Wildman–Crippen MR) is 68.4 cm³/mol. The lowest BCUT2D eigenvalue weighted by Crippen LogP contribution is -1.96. The Morgan fingerprint density at radius 3 is 2.63 bits per heavy atom. The number of rotatable bonds is 2. The van der Waals surface area contributed by atoms with Crippen molar-refractivity contribution in [2.75, 3.05) is 5.32 Å². The van der Waals surface area contributed by atoms with Crippen LogP contribution in [0.2, 0.25) is 5.15 Å². The van der Waals surface area contributed by atoms with Crippen LogP contribution < -0.4 is 5.32 Å². The summed E-state index contributed by atoms with van der Waals surface area (Å²) in [6, 6.07) is 10.6. The van der Waals surface area contributed by atoms with Gasteiger partial charge in [0.1, 0.15) is 22.9 Å². The van der Waals surface area contributed by atoms with Gasteiger partial charge in [-0.2, -0.15) is 10.5 Å². The van der Waals surface area contributed by atoms with E-state index in [9.17, 15) is 4.39 Å². The van der Waals surface area contributed by atoms with Gasteiger partial charge in [0.25, 0.3) is 0 Å². The highest BCUT2D eigenvalue weighted by molar-refractivity contribution is 6.29. The molecule has 1 aromatic heterocycles. The number of halogens is 2. The summed E-state index contributed by atoms with van der Waals surface area (Å²) >= 11 is 5.76. The van der Waals surface area contributed by atoms with Crippen LogP contribution >= 0.6 is 11.6 Å². The van der Waals surface area contributed by atoms with Crippen LogP contribution in [0.5, 0.6) is 0 Å². The molecule has 0 atom stereocenters. The Morgan fingerprint density at radius 2 is 1.95 bits per heavy atom. The number of benzene rings is 1. The van der Waals surface area contributed by atoms with E-state index in [0.717, 1.165) is 0 Å². The van der Waals surface area contributed by atoms with Crippen LogP contribution in [0.4, 0.5) is 15.9 Å². The van der Waals surface area contributed by atoms with Gasteiger partial charge < -0.3 is 5.32 Å². The van der Waals surface area contributed by atoms with E-state index in [1.54, 1.807) is 6.07 Å². The van der Waals surface area contributed by atoms with Crippen LogP contribution in [0.3, 0.4) is 0 Å². The first-order valence-electron chi connectivity index (χ1n) is 5.17. The molecule has 6 heteroatoms. The third-order valence-electron chi connectivity index (χ3n) is 2.28. The first kappa shape index (κ1) is 12.8. The van der Waals surface area contributed by atoms with Crippen molar-refractivity contribution in [1.82, 2.24) is 4.98 Å². The summed E-state index contributed by atoms with van der Waals surface area (Å²) in [7, 11) is 0. The topological polar surface area (TPSA) is 72.5 Å². The highest BCUT2D eigenvalue weighted by Gasteiger charge is 2.05. The highest BCUT2D eigenvalue weighted by atomic mass is 35.5. The molecule has 0 saturated carbocycles. The monoisotopic (exact) mass is 272 g/mol. The number of hydrogen-bond donors (Lipinski definition) is 1.